The first-order chi connectivity index (χ1) is 24.7. The van der Waals surface area contributed by atoms with Gasteiger partial charge in [0, 0.05) is 29.2 Å². The zero-order chi connectivity index (χ0) is 36.1. The number of hydrogen-bond acceptors (Lipinski definition) is 6. The van der Waals surface area contributed by atoms with Gasteiger partial charge in [0.15, 0.2) is 29.6 Å². The monoisotopic (exact) mass is 721 g/mol. The Morgan fingerprint density at radius 3 is 2.14 bits per heavy atom. The first kappa shape index (κ1) is 36.1. The maximum atomic E-state index is 14.1. The second-order valence-electron chi connectivity index (χ2n) is 11.8. The average Bonchev–Trinajstić information content (AvgIpc) is 3.18. The van der Waals surface area contributed by atoms with Crippen LogP contribution in [-0.4, -0.2) is 30.0 Å². The normalized spacial score (nSPS) is 17.3. The molecule has 3 unspecified atom stereocenters. The van der Waals surface area contributed by atoms with Gasteiger partial charge >= 0.3 is 0 Å². The standard InChI is InChI=1S/C39H32F5NO5S/c1-48-29-7-2-3-8-31(29)51-21-28-18-30(25-11-9-22(20-46)10-12-25)50-39(49-28)26-15-13-24(14-16-26)27-6-4-5-23(17-27)19-45-38(47)32-33(40)35(42)37(44)36(43)34(32)41/h2-17,28,30,39,46H,18-21H2,1H3,(H,45,47). The van der Waals surface area contributed by atoms with E-state index in [1.165, 1.54) is 0 Å². The number of aliphatic hydroxyl groups is 1. The van der Waals surface area contributed by atoms with Crippen molar-refractivity contribution in [1.82, 2.24) is 5.32 Å². The lowest BCUT2D eigenvalue weighted by Gasteiger charge is -2.36. The van der Waals surface area contributed by atoms with E-state index < -0.39 is 46.8 Å². The maximum absolute atomic E-state index is 14.1. The van der Waals surface area contributed by atoms with Crippen LogP contribution in [-0.2, 0) is 22.6 Å². The molecule has 0 aliphatic carbocycles. The predicted molar refractivity (Wildman–Crippen MR) is 181 cm³/mol. The van der Waals surface area contributed by atoms with Crippen LogP contribution in [0.15, 0.2) is 102 Å². The molecule has 0 saturated carbocycles. The van der Waals surface area contributed by atoms with E-state index in [0.717, 1.165) is 38.5 Å². The third-order valence-corrected chi connectivity index (χ3v) is 9.63. The van der Waals surface area contributed by atoms with Crippen molar-refractivity contribution in [2.24, 2.45) is 0 Å². The molecule has 1 heterocycles. The summed E-state index contributed by atoms with van der Waals surface area (Å²) in [4.78, 5) is 13.4. The lowest BCUT2D eigenvalue weighted by atomic mass is 9.99. The highest BCUT2D eigenvalue weighted by molar-refractivity contribution is 7.99. The molecule has 6 rings (SSSR count). The van der Waals surface area contributed by atoms with Crippen LogP contribution in [0.3, 0.4) is 0 Å². The predicted octanol–water partition coefficient (Wildman–Crippen LogP) is 8.82. The first-order valence-corrected chi connectivity index (χ1v) is 16.9. The third-order valence-electron chi connectivity index (χ3n) is 8.44. The van der Waals surface area contributed by atoms with E-state index in [1.54, 1.807) is 37.1 Å². The Balaban J connectivity index is 1.17. The summed E-state index contributed by atoms with van der Waals surface area (Å²) in [6, 6.07) is 29.9. The molecule has 1 aliphatic heterocycles. The number of hydrogen-bond donors (Lipinski definition) is 2. The van der Waals surface area contributed by atoms with Crippen LogP contribution in [0.5, 0.6) is 5.75 Å². The number of aliphatic hydroxyl groups excluding tert-OH is 1. The number of methoxy groups -OCH3 is 1. The van der Waals surface area contributed by atoms with Crippen LogP contribution in [0.1, 0.15) is 51.4 Å². The van der Waals surface area contributed by atoms with Crippen LogP contribution in [0.4, 0.5) is 22.0 Å². The summed E-state index contributed by atoms with van der Waals surface area (Å²) in [5.41, 5.74) is 3.09. The van der Waals surface area contributed by atoms with Crippen LogP contribution < -0.4 is 10.1 Å². The molecule has 0 radical (unpaired) electrons. The highest BCUT2D eigenvalue weighted by Gasteiger charge is 2.33. The quantitative estimate of drug-likeness (QED) is 0.0615. The Morgan fingerprint density at radius 1 is 0.784 bits per heavy atom. The Morgan fingerprint density at radius 2 is 1.45 bits per heavy atom. The smallest absolute Gasteiger partial charge is 0.257 e. The highest BCUT2D eigenvalue weighted by Crippen LogP contribution is 2.41. The summed E-state index contributed by atoms with van der Waals surface area (Å²) in [6.45, 7) is -0.291. The minimum Gasteiger partial charge on any atom is -0.496 e. The van der Waals surface area contributed by atoms with Gasteiger partial charge in [-0.05, 0) is 46.0 Å². The van der Waals surface area contributed by atoms with Crippen molar-refractivity contribution < 1.29 is 46.1 Å². The van der Waals surface area contributed by atoms with Crippen molar-refractivity contribution in [3.05, 3.63) is 154 Å². The van der Waals surface area contributed by atoms with Crippen LogP contribution >= 0.6 is 11.8 Å². The fourth-order valence-electron chi connectivity index (χ4n) is 5.71. The van der Waals surface area contributed by atoms with E-state index in [9.17, 15) is 31.9 Å². The van der Waals surface area contributed by atoms with Crippen molar-refractivity contribution in [3.63, 3.8) is 0 Å². The number of amides is 1. The molecule has 1 aliphatic rings. The lowest BCUT2D eigenvalue weighted by Crippen LogP contribution is -2.31. The molecule has 0 bridgehead atoms. The molecule has 264 valence electrons. The molecular formula is C39H32F5NO5S. The second kappa shape index (κ2) is 16.1. The molecule has 0 spiro atoms. The van der Waals surface area contributed by atoms with Gasteiger partial charge in [0.1, 0.15) is 11.3 Å². The summed E-state index contributed by atoms with van der Waals surface area (Å²) < 4.78 is 87.3. The number of ether oxygens (including phenoxy) is 3. The summed E-state index contributed by atoms with van der Waals surface area (Å²) >= 11 is 1.64. The Hall–Kier alpha value is -4.75. The van der Waals surface area contributed by atoms with E-state index in [1.807, 2.05) is 78.9 Å². The molecule has 2 N–H and O–H groups in total. The molecule has 12 heteroatoms. The highest BCUT2D eigenvalue weighted by atomic mass is 32.2. The molecule has 1 amide bonds. The number of rotatable bonds is 11. The fraction of sp³-hybridized carbons (Fsp3) is 0.205. The number of carbonyl (C=O) groups excluding carboxylic acids is 1. The van der Waals surface area contributed by atoms with Gasteiger partial charge < -0.3 is 24.6 Å². The van der Waals surface area contributed by atoms with Gasteiger partial charge in [0.25, 0.3) is 5.91 Å². The Labute approximate surface area is 295 Å². The molecule has 6 nitrogen and oxygen atoms in total. The zero-order valence-corrected chi connectivity index (χ0v) is 28.0. The van der Waals surface area contributed by atoms with Crippen LogP contribution in [0.2, 0.25) is 0 Å². The molecule has 3 atom stereocenters. The summed E-state index contributed by atoms with van der Waals surface area (Å²) in [5, 5.41) is 11.7. The van der Waals surface area contributed by atoms with E-state index in [4.69, 9.17) is 14.2 Å². The van der Waals surface area contributed by atoms with Gasteiger partial charge in [-0.3, -0.25) is 4.79 Å². The lowest BCUT2D eigenvalue weighted by molar-refractivity contribution is -0.245. The fourth-order valence-corrected chi connectivity index (χ4v) is 6.76. The van der Waals surface area contributed by atoms with Crippen molar-refractivity contribution in [3.8, 4) is 16.9 Å². The minimum atomic E-state index is -2.34. The van der Waals surface area contributed by atoms with Crippen molar-refractivity contribution in [2.45, 2.75) is 43.0 Å². The van der Waals surface area contributed by atoms with E-state index in [-0.39, 0.29) is 25.4 Å². The molecule has 1 saturated heterocycles. The topological polar surface area (TPSA) is 77.0 Å². The number of carbonyl (C=O) groups is 1. The van der Waals surface area contributed by atoms with Gasteiger partial charge in [-0.25, -0.2) is 22.0 Å². The maximum Gasteiger partial charge on any atom is 0.257 e. The van der Waals surface area contributed by atoms with Gasteiger partial charge in [0.05, 0.1) is 25.9 Å². The molecular weight excluding hydrogens is 689 g/mol. The van der Waals surface area contributed by atoms with Crippen LogP contribution in [0.25, 0.3) is 11.1 Å². The number of thioether (sulfide) groups is 1. The van der Waals surface area contributed by atoms with Gasteiger partial charge in [-0.2, -0.15) is 0 Å². The summed E-state index contributed by atoms with van der Waals surface area (Å²) in [7, 11) is 1.64. The number of benzene rings is 5. The van der Waals surface area contributed by atoms with Gasteiger partial charge in [-0.15, -0.1) is 11.8 Å². The molecule has 5 aromatic carbocycles. The van der Waals surface area contributed by atoms with E-state index in [0.29, 0.717) is 17.7 Å². The average molecular weight is 722 g/mol. The zero-order valence-electron chi connectivity index (χ0n) is 27.2. The summed E-state index contributed by atoms with van der Waals surface area (Å²) in [5.74, 6) is -11.1. The van der Waals surface area contributed by atoms with Crippen molar-refractivity contribution in [2.75, 3.05) is 12.9 Å². The first-order valence-electron chi connectivity index (χ1n) is 15.9. The number of nitrogens with one attached hydrogen (secondary N) is 1. The van der Waals surface area contributed by atoms with Crippen molar-refractivity contribution >= 4 is 17.7 Å². The Kier molecular flexibility index (Phi) is 11.4. The number of halogens is 5. The molecule has 1 fully saturated rings. The minimum absolute atomic E-state index is 0.0575. The molecule has 5 aromatic rings. The van der Waals surface area contributed by atoms with Crippen molar-refractivity contribution in [1.29, 1.82) is 0 Å². The van der Waals surface area contributed by atoms with Crippen LogP contribution in [0, 0.1) is 29.1 Å². The SMILES string of the molecule is COc1ccccc1SCC1CC(c2ccc(CO)cc2)OC(c2ccc(-c3cccc(CNC(=O)c4c(F)c(F)c(F)c(F)c4F)c3)cc2)O1. The molecule has 51 heavy (non-hydrogen) atoms. The van der Waals surface area contributed by atoms with Gasteiger partial charge in [0.2, 0.25) is 5.82 Å². The molecule has 0 aromatic heterocycles. The second-order valence-corrected chi connectivity index (χ2v) is 12.8. The number of para-hydroxylation sites is 1. The van der Waals surface area contributed by atoms with E-state index >= 15 is 0 Å². The third kappa shape index (κ3) is 8.10. The van der Waals surface area contributed by atoms with Gasteiger partial charge in [-0.1, -0.05) is 78.9 Å². The largest absolute Gasteiger partial charge is 0.496 e. The van der Waals surface area contributed by atoms with E-state index in [2.05, 4.69) is 5.32 Å². The summed E-state index contributed by atoms with van der Waals surface area (Å²) in [6.07, 6.45) is -0.501. The Bertz CT molecular complexity index is 1980.